The average Bonchev–Trinajstić information content (AvgIpc) is 2.54. The van der Waals surface area contributed by atoms with Crippen LogP contribution in [0.2, 0.25) is 0 Å². The third-order valence-corrected chi connectivity index (χ3v) is 5.66. The van der Waals surface area contributed by atoms with Crippen molar-refractivity contribution in [3.8, 4) is 0 Å². The van der Waals surface area contributed by atoms with Crippen molar-refractivity contribution in [1.82, 2.24) is 0 Å². The van der Waals surface area contributed by atoms with Crippen LogP contribution >= 0.6 is 0 Å². The van der Waals surface area contributed by atoms with Crippen molar-refractivity contribution in [3.63, 3.8) is 0 Å². The summed E-state index contributed by atoms with van der Waals surface area (Å²) in [6, 6.07) is 0. The fourth-order valence-electron chi connectivity index (χ4n) is 4.26. The van der Waals surface area contributed by atoms with Crippen LogP contribution in [0.3, 0.4) is 0 Å². The van der Waals surface area contributed by atoms with Crippen molar-refractivity contribution < 1.29 is 4.74 Å². The molecule has 0 amide bonds. The van der Waals surface area contributed by atoms with E-state index in [1.165, 1.54) is 64.2 Å². The Morgan fingerprint density at radius 3 is 2.14 bits per heavy atom. The smallest absolute Gasteiger partial charge is 0.0978 e. The Hall–Kier alpha value is -0.720. The van der Waals surface area contributed by atoms with E-state index in [-0.39, 0.29) is 0 Å². The molecule has 0 N–H and O–H groups in total. The summed E-state index contributed by atoms with van der Waals surface area (Å²) in [6.45, 7) is 6.01. The number of hydrogen-bond acceptors (Lipinski definition) is 1. The quantitative estimate of drug-likeness (QED) is 0.397. The van der Waals surface area contributed by atoms with Gasteiger partial charge in [-0.2, -0.15) is 0 Å². The summed E-state index contributed by atoms with van der Waals surface area (Å²) in [6.07, 6.45) is 21.5. The Kier molecular flexibility index (Phi) is 7.39. The van der Waals surface area contributed by atoms with Crippen LogP contribution in [0, 0.1) is 17.8 Å². The highest BCUT2D eigenvalue weighted by Gasteiger charge is 2.30. The summed E-state index contributed by atoms with van der Waals surface area (Å²) in [5.41, 5.74) is 0. The Balaban J connectivity index is 1.64. The molecule has 2 aliphatic carbocycles. The minimum Gasteiger partial charge on any atom is -0.498 e. The number of allylic oxidation sites excluding steroid dienone is 2. The molecule has 0 aromatic heterocycles. The fraction of sp³-hybridized carbons (Fsp3) is 0.800. The molecule has 0 radical (unpaired) electrons. The van der Waals surface area contributed by atoms with Crippen molar-refractivity contribution in [2.45, 2.75) is 83.7 Å². The maximum Gasteiger partial charge on any atom is 0.0978 e. The van der Waals surface area contributed by atoms with Crippen LogP contribution in [-0.4, -0.2) is 6.10 Å². The lowest BCUT2D eigenvalue weighted by Crippen LogP contribution is -2.28. The highest BCUT2D eigenvalue weighted by atomic mass is 16.5. The average molecular weight is 290 g/mol. The van der Waals surface area contributed by atoms with Crippen molar-refractivity contribution in [1.29, 1.82) is 0 Å². The molecule has 0 aliphatic heterocycles. The zero-order valence-corrected chi connectivity index (χ0v) is 13.9. The summed E-state index contributed by atoms with van der Waals surface area (Å²) in [4.78, 5) is 0. The Morgan fingerprint density at radius 1 is 0.952 bits per heavy atom. The van der Waals surface area contributed by atoms with Crippen molar-refractivity contribution in [2.75, 3.05) is 0 Å². The molecule has 0 spiro atoms. The van der Waals surface area contributed by atoms with E-state index in [2.05, 4.69) is 25.7 Å². The summed E-state index contributed by atoms with van der Waals surface area (Å²) < 4.78 is 5.83. The van der Waals surface area contributed by atoms with Gasteiger partial charge in [-0.15, -0.1) is 6.58 Å². The predicted molar refractivity (Wildman–Crippen MR) is 91.1 cm³/mol. The summed E-state index contributed by atoms with van der Waals surface area (Å²) in [5.74, 6) is 2.98. The lowest BCUT2D eigenvalue weighted by molar-refractivity contribution is 0.0629. The number of ether oxygens (including phenoxy) is 1. The first kappa shape index (κ1) is 16.6. The molecule has 21 heavy (non-hydrogen) atoms. The first-order valence-corrected chi connectivity index (χ1v) is 9.24. The highest BCUT2D eigenvalue weighted by molar-refractivity contribution is 4.84. The topological polar surface area (TPSA) is 9.23 Å². The van der Waals surface area contributed by atoms with Gasteiger partial charge in [-0.1, -0.05) is 31.9 Å². The third-order valence-electron chi connectivity index (χ3n) is 5.66. The molecule has 1 heteroatoms. The first-order valence-electron chi connectivity index (χ1n) is 9.24. The molecule has 0 bridgehead atoms. The van der Waals surface area contributed by atoms with Crippen LogP contribution in [0.4, 0.5) is 0 Å². The number of hydrogen-bond donors (Lipinski definition) is 0. The molecule has 0 heterocycles. The molecule has 0 aromatic carbocycles. The van der Waals surface area contributed by atoms with E-state index in [4.69, 9.17) is 4.74 Å². The van der Waals surface area contributed by atoms with Crippen molar-refractivity contribution >= 4 is 0 Å². The molecule has 2 rings (SSSR count). The highest BCUT2D eigenvalue weighted by Crippen LogP contribution is 2.41. The Morgan fingerprint density at radius 2 is 1.57 bits per heavy atom. The molecule has 0 atom stereocenters. The van der Waals surface area contributed by atoms with Gasteiger partial charge in [0.2, 0.25) is 0 Å². The van der Waals surface area contributed by atoms with Gasteiger partial charge in [-0.3, -0.25) is 0 Å². The van der Waals surface area contributed by atoms with Crippen molar-refractivity contribution in [2.24, 2.45) is 17.8 Å². The number of rotatable bonds is 7. The zero-order valence-electron chi connectivity index (χ0n) is 13.9. The maximum atomic E-state index is 5.83. The van der Waals surface area contributed by atoms with Gasteiger partial charge in [0, 0.05) is 0 Å². The van der Waals surface area contributed by atoms with Crippen LogP contribution in [0.1, 0.15) is 77.6 Å². The molecule has 0 aromatic rings. The maximum absolute atomic E-state index is 5.83. The lowest BCUT2D eigenvalue weighted by atomic mass is 9.70. The van der Waals surface area contributed by atoms with E-state index in [0.29, 0.717) is 6.10 Å². The van der Waals surface area contributed by atoms with Gasteiger partial charge in [-0.25, -0.2) is 0 Å². The second-order valence-electron chi connectivity index (χ2n) is 7.10. The van der Waals surface area contributed by atoms with Crippen LogP contribution in [0.15, 0.2) is 25.0 Å². The van der Waals surface area contributed by atoms with E-state index < -0.39 is 0 Å². The SMILES string of the molecule is C=CCCC1CCC(C2CCC(OC=CCC)CC2)CC1. The summed E-state index contributed by atoms with van der Waals surface area (Å²) >= 11 is 0. The molecule has 1 nitrogen and oxygen atoms in total. The minimum absolute atomic E-state index is 0.494. The molecule has 120 valence electrons. The monoisotopic (exact) mass is 290 g/mol. The van der Waals surface area contributed by atoms with Gasteiger partial charge in [0.15, 0.2) is 0 Å². The Bertz CT molecular complexity index is 304. The molecular weight excluding hydrogens is 256 g/mol. The van der Waals surface area contributed by atoms with Gasteiger partial charge in [0.1, 0.15) is 0 Å². The second-order valence-corrected chi connectivity index (χ2v) is 7.10. The van der Waals surface area contributed by atoms with E-state index in [9.17, 15) is 0 Å². The largest absolute Gasteiger partial charge is 0.498 e. The summed E-state index contributed by atoms with van der Waals surface area (Å²) in [5, 5.41) is 0. The van der Waals surface area contributed by atoms with Gasteiger partial charge in [0.05, 0.1) is 12.4 Å². The fourth-order valence-corrected chi connectivity index (χ4v) is 4.26. The van der Waals surface area contributed by atoms with Crippen LogP contribution < -0.4 is 0 Å². The second kappa shape index (κ2) is 9.33. The molecule has 0 saturated heterocycles. The third kappa shape index (κ3) is 5.52. The standard InChI is InChI=1S/C20H34O/c1-3-5-7-17-8-10-18(11-9-17)19-12-14-20(15-13-19)21-16-6-4-2/h3,6,16-20H,1,4-5,7-15H2,2H3. The van der Waals surface area contributed by atoms with Crippen LogP contribution in [0.5, 0.6) is 0 Å². The molecule has 2 saturated carbocycles. The van der Waals surface area contributed by atoms with Crippen LogP contribution in [0.25, 0.3) is 0 Å². The summed E-state index contributed by atoms with van der Waals surface area (Å²) in [7, 11) is 0. The normalized spacial score (nSPS) is 34.0. The van der Waals surface area contributed by atoms with E-state index >= 15 is 0 Å². The molecular formula is C20H34O. The van der Waals surface area contributed by atoms with Crippen LogP contribution in [-0.2, 0) is 4.74 Å². The first-order chi connectivity index (χ1) is 10.3. The van der Waals surface area contributed by atoms with E-state index in [1.807, 2.05) is 6.26 Å². The van der Waals surface area contributed by atoms with Crippen molar-refractivity contribution in [3.05, 3.63) is 25.0 Å². The Labute approximate surface area is 131 Å². The van der Waals surface area contributed by atoms with Gasteiger partial charge < -0.3 is 4.74 Å². The molecule has 2 aliphatic rings. The predicted octanol–water partition coefficient (Wildman–Crippen LogP) is 6.26. The van der Waals surface area contributed by atoms with E-state index in [0.717, 1.165) is 24.2 Å². The van der Waals surface area contributed by atoms with E-state index in [1.54, 1.807) is 0 Å². The van der Waals surface area contributed by atoms with Gasteiger partial charge in [-0.05, 0) is 75.5 Å². The van der Waals surface area contributed by atoms with Gasteiger partial charge >= 0.3 is 0 Å². The molecule has 0 unspecified atom stereocenters. The lowest BCUT2D eigenvalue weighted by Gasteiger charge is -2.37. The minimum atomic E-state index is 0.494. The zero-order chi connectivity index (χ0) is 14.9. The molecule has 2 fully saturated rings. The van der Waals surface area contributed by atoms with Gasteiger partial charge in [0.25, 0.3) is 0 Å².